The summed E-state index contributed by atoms with van der Waals surface area (Å²) < 4.78 is 1.61. The maximum atomic E-state index is 13.3. The summed E-state index contributed by atoms with van der Waals surface area (Å²) in [7, 11) is 0. The van der Waals surface area contributed by atoms with E-state index in [9.17, 15) is 9.59 Å². The normalized spacial score (nSPS) is 12.7. The molecule has 1 aromatic heterocycles. The van der Waals surface area contributed by atoms with E-state index in [2.05, 4.69) is 31.3 Å². The Labute approximate surface area is 181 Å². The smallest absolute Gasteiger partial charge is 0.266 e. The third-order valence-electron chi connectivity index (χ3n) is 4.92. The van der Waals surface area contributed by atoms with Crippen LogP contribution in [0.3, 0.4) is 0 Å². The lowest BCUT2D eigenvalue weighted by molar-refractivity contribution is -0.119. The molecule has 0 spiro atoms. The zero-order valence-corrected chi connectivity index (χ0v) is 19.0. The molecule has 0 aliphatic heterocycles. The molecule has 1 atom stereocenters. The van der Waals surface area contributed by atoms with Gasteiger partial charge in [-0.3, -0.25) is 14.2 Å². The summed E-state index contributed by atoms with van der Waals surface area (Å²) in [5.41, 5.74) is 2.19. The molecular formula is C24H29N3O2S. The van der Waals surface area contributed by atoms with Crippen LogP contribution in [0.4, 0.5) is 0 Å². The van der Waals surface area contributed by atoms with Gasteiger partial charge in [0.15, 0.2) is 5.16 Å². The lowest BCUT2D eigenvalue weighted by atomic mass is 9.98. The van der Waals surface area contributed by atoms with Crippen LogP contribution >= 0.6 is 11.8 Å². The standard InChI is InChI=1S/C24H29N3O2S/c1-6-16(2)17-11-13-18(14-12-17)27-22(29)19-9-7-8-10-20(19)25-23(27)30-15-21(28)26-24(3,4)5/h7-14,16H,6,15H2,1-5H3,(H,26,28)/t16-/m1/s1. The van der Waals surface area contributed by atoms with Crippen LogP contribution in [0, 0.1) is 0 Å². The van der Waals surface area contributed by atoms with Crippen LogP contribution in [0.1, 0.15) is 52.5 Å². The number of nitrogens with zero attached hydrogens (tertiary/aromatic N) is 2. The van der Waals surface area contributed by atoms with Crippen molar-refractivity contribution >= 4 is 28.6 Å². The Morgan fingerprint density at radius 1 is 1.13 bits per heavy atom. The van der Waals surface area contributed by atoms with Crippen LogP contribution in [0.2, 0.25) is 0 Å². The number of amides is 1. The Bertz CT molecular complexity index is 1100. The van der Waals surface area contributed by atoms with Crippen molar-refractivity contribution in [3.05, 3.63) is 64.4 Å². The lowest BCUT2D eigenvalue weighted by Gasteiger charge is -2.20. The number of thioether (sulfide) groups is 1. The van der Waals surface area contributed by atoms with E-state index >= 15 is 0 Å². The fourth-order valence-electron chi connectivity index (χ4n) is 3.21. The van der Waals surface area contributed by atoms with E-state index in [1.165, 1.54) is 17.3 Å². The van der Waals surface area contributed by atoms with Gasteiger partial charge in [-0.2, -0.15) is 0 Å². The second-order valence-electron chi connectivity index (χ2n) is 8.54. The predicted molar refractivity (Wildman–Crippen MR) is 125 cm³/mol. The SMILES string of the molecule is CC[C@@H](C)c1ccc(-n2c(SCC(=O)NC(C)(C)C)nc3ccccc3c2=O)cc1. The van der Waals surface area contributed by atoms with Gasteiger partial charge in [-0.1, -0.05) is 49.9 Å². The number of aromatic nitrogens is 2. The molecule has 2 aromatic carbocycles. The van der Waals surface area contributed by atoms with Crippen molar-refractivity contribution in [2.45, 2.75) is 57.7 Å². The van der Waals surface area contributed by atoms with Crippen molar-refractivity contribution in [2.75, 3.05) is 5.75 Å². The maximum Gasteiger partial charge on any atom is 0.266 e. The quantitative estimate of drug-likeness (QED) is 0.452. The van der Waals surface area contributed by atoms with E-state index in [-0.39, 0.29) is 22.8 Å². The first kappa shape index (κ1) is 22.1. The Balaban J connectivity index is 2.03. The summed E-state index contributed by atoms with van der Waals surface area (Å²) in [4.78, 5) is 30.3. The highest BCUT2D eigenvalue weighted by atomic mass is 32.2. The van der Waals surface area contributed by atoms with Gasteiger partial charge >= 0.3 is 0 Å². The van der Waals surface area contributed by atoms with Crippen molar-refractivity contribution in [3.8, 4) is 5.69 Å². The monoisotopic (exact) mass is 423 g/mol. The second-order valence-corrected chi connectivity index (χ2v) is 9.48. The summed E-state index contributed by atoms with van der Waals surface area (Å²) in [5.74, 6) is 0.557. The van der Waals surface area contributed by atoms with Crippen LogP contribution < -0.4 is 10.9 Å². The van der Waals surface area contributed by atoms with E-state index in [0.29, 0.717) is 22.0 Å². The molecular weight excluding hydrogens is 394 g/mol. The van der Waals surface area contributed by atoms with Crippen molar-refractivity contribution in [1.29, 1.82) is 0 Å². The van der Waals surface area contributed by atoms with Gasteiger partial charge in [-0.05, 0) is 62.9 Å². The van der Waals surface area contributed by atoms with Crippen molar-refractivity contribution in [3.63, 3.8) is 0 Å². The van der Waals surface area contributed by atoms with Crippen molar-refractivity contribution in [2.24, 2.45) is 0 Å². The Morgan fingerprint density at radius 2 is 1.80 bits per heavy atom. The van der Waals surface area contributed by atoms with Crippen LogP contribution in [-0.4, -0.2) is 26.8 Å². The summed E-state index contributed by atoms with van der Waals surface area (Å²) in [6.07, 6.45) is 1.06. The molecule has 0 saturated heterocycles. The molecule has 5 nitrogen and oxygen atoms in total. The number of hydrogen-bond donors (Lipinski definition) is 1. The van der Waals surface area contributed by atoms with Crippen LogP contribution in [0.25, 0.3) is 16.6 Å². The Morgan fingerprint density at radius 3 is 2.43 bits per heavy atom. The largest absolute Gasteiger partial charge is 0.351 e. The molecule has 0 saturated carbocycles. The van der Waals surface area contributed by atoms with Crippen LogP contribution in [0.5, 0.6) is 0 Å². The molecule has 0 aliphatic rings. The molecule has 0 radical (unpaired) electrons. The van der Waals surface area contributed by atoms with Gasteiger partial charge in [-0.25, -0.2) is 4.98 Å². The molecule has 0 bridgehead atoms. The number of para-hydroxylation sites is 1. The average molecular weight is 424 g/mol. The molecule has 6 heteroatoms. The second kappa shape index (κ2) is 9.04. The van der Waals surface area contributed by atoms with E-state index < -0.39 is 0 Å². The summed E-state index contributed by atoms with van der Waals surface area (Å²) in [6, 6.07) is 15.4. The van der Waals surface area contributed by atoms with Crippen molar-refractivity contribution < 1.29 is 4.79 Å². The molecule has 3 aromatic rings. The minimum atomic E-state index is -0.306. The molecule has 0 unspecified atom stereocenters. The third kappa shape index (κ3) is 5.11. The van der Waals surface area contributed by atoms with Crippen molar-refractivity contribution in [1.82, 2.24) is 14.9 Å². The van der Waals surface area contributed by atoms with Gasteiger partial charge in [0.25, 0.3) is 5.56 Å². The molecule has 30 heavy (non-hydrogen) atoms. The van der Waals surface area contributed by atoms with Crippen LogP contribution in [0.15, 0.2) is 58.5 Å². The number of nitrogens with one attached hydrogen (secondary N) is 1. The minimum absolute atomic E-state index is 0.0893. The Kier molecular flexibility index (Phi) is 6.66. The van der Waals surface area contributed by atoms with Crippen LogP contribution in [-0.2, 0) is 4.79 Å². The number of carbonyl (C=O) groups excluding carboxylic acids is 1. The summed E-state index contributed by atoms with van der Waals surface area (Å²) in [5, 5.41) is 4.03. The molecule has 1 heterocycles. The van der Waals surface area contributed by atoms with Gasteiger partial charge in [0.2, 0.25) is 5.91 Å². The van der Waals surface area contributed by atoms with E-state index in [4.69, 9.17) is 4.98 Å². The first-order chi connectivity index (χ1) is 14.2. The predicted octanol–water partition coefficient (Wildman–Crippen LogP) is 4.91. The Hall–Kier alpha value is -2.60. The fraction of sp³-hybridized carbons (Fsp3) is 0.375. The first-order valence-electron chi connectivity index (χ1n) is 10.3. The average Bonchev–Trinajstić information content (AvgIpc) is 2.71. The highest BCUT2D eigenvalue weighted by molar-refractivity contribution is 7.99. The highest BCUT2D eigenvalue weighted by Crippen LogP contribution is 2.24. The lowest BCUT2D eigenvalue weighted by Crippen LogP contribution is -2.41. The third-order valence-corrected chi connectivity index (χ3v) is 5.86. The van der Waals surface area contributed by atoms with E-state index in [1.807, 2.05) is 51.1 Å². The summed E-state index contributed by atoms with van der Waals surface area (Å²) >= 11 is 1.27. The molecule has 0 fully saturated rings. The zero-order chi connectivity index (χ0) is 21.9. The topological polar surface area (TPSA) is 64.0 Å². The van der Waals surface area contributed by atoms with Gasteiger partial charge < -0.3 is 5.32 Å². The minimum Gasteiger partial charge on any atom is -0.351 e. The molecule has 0 aliphatic carbocycles. The molecule has 158 valence electrons. The summed E-state index contributed by atoms with van der Waals surface area (Å²) in [6.45, 7) is 10.2. The van der Waals surface area contributed by atoms with E-state index in [0.717, 1.165) is 12.1 Å². The molecule has 1 N–H and O–H groups in total. The zero-order valence-electron chi connectivity index (χ0n) is 18.2. The highest BCUT2D eigenvalue weighted by Gasteiger charge is 2.17. The van der Waals surface area contributed by atoms with Gasteiger partial charge in [-0.15, -0.1) is 0 Å². The molecule has 1 amide bonds. The number of carbonyl (C=O) groups is 1. The molecule has 3 rings (SSSR count). The number of hydrogen-bond acceptors (Lipinski definition) is 4. The number of fused-ring (bicyclic) bond motifs is 1. The maximum absolute atomic E-state index is 13.3. The fourth-order valence-corrected chi connectivity index (χ4v) is 4.02. The number of benzene rings is 2. The number of rotatable bonds is 6. The van der Waals surface area contributed by atoms with Gasteiger partial charge in [0, 0.05) is 5.54 Å². The van der Waals surface area contributed by atoms with Gasteiger partial charge in [0.05, 0.1) is 22.3 Å². The van der Waals surface area contributed by atoms with E-state index in [1.54, 1.807) is 10.6 Å². The first-order valence-corrected chi connectivity index (χ1v) is 11.2. The van der Waals surface area contributed by atoms with Gasteiger partial charge in [0.1, 0.15) is 0 Å².